The summed E-state index contributed by atoms with van der Waals surface area (Å²) in [5.74, 6) is 0. The summed E-state index contributed by atoms with van der Waals surface area (Å²) < 4.78 is 1.92. The first-order valence-corrected chi connectivity index (χ1v) is 7.24. The van der Waals surface area contributed by atoms with Crippen LogP contribution in [-0.2, 0) is 19.9 Å². The number of nitrogens with zero attached hydrogens (tertiary/aromatic N) is 3. The molecule has 1 aliphatic carbocycles. The van der Waals surface area contributed by atoms with Gasteiger partial charge in [0.15, 0.2) is 0 Å². The van der Waals surface area contributed by atoms with Gasteiger partial charge in [-0.15, -0.1) is 0 Å². The molecule has 21 heavy (non-hydrogen) atoms. The minimum Gasteiger partial charge on any atom is -0.390 e. The third-order valence-electron chi connectivity index (χ3n) is 4.46. The van der Waals surface area contributed by atoms with Crippen molar-refractivity contribution in [1.82, 2.24) is 9.78 Å². The van der Waals surface area contributed by atoms with Crippen molar-refractivity contribution < 1.29 is 0 Å². The van der Waals surface area contributed by atoms with Crippen LogP contribution in [0.15, 0.2) is 35.5 Å². The number of aromatic nitrogens is 2. The molecule has 5 nitrogen and oxygen atoms in total. The Hall–Kier alpha value is -2.14. The molecule has 0 amide bonds. The number of rotatable bonds is 3. The van der Waals surface area contributed by atoms with Crippen LogP contribution in [0.1, 0.15) is 17.5 Å². The Bertz CT molecular complexity index is 673. The van der Waals surface area contributed by atoms with E-state index in [1.807, 2.05) is 17.9 Å². The van der Waals surface area contributed by atoms with E-state index in [1.165, 1.54) is 23.0 Å². The van der Waals surface area contributed by atoms with Gasteiger partial charge < -0.3 is 11.5 Å². The molecule has 0 spiro atoms. The summed E-state index contributed by atoms with van der Waals surface area (Å²) in [4.78, 5) is 4.45. The van der Waals surface area contributed by atoms with Crippen LogP contribution >= 0.6 is 0 Å². The molecule has 1 atom stereocenters. The summed E-state index contributed by atoms with van der Waals surface area (Å²) in [6.07, 6.45) is 5.96. The van der Waals surface area contributed by atoms with Gasteiger partial charge in [-0.3, -0.25) is 9.67 Å². The van der Waals surface area contributed by atoms with Crippen molar-refractivity contribution in [1.29, 1.82) is 0 Å². The van der Waals surface area contributed by atoms with Crippen molar-refractivity contribution >= 4 is 6.34 Å². The zero-order valence-corrected chi connectivity index (χ0v) is 12.3. The van der Waals surface area contributed by atoms with Gasteiger partial charge in [0.05, 0.1) is 17.6 Å². The third-order valence-corrected chi connectivity index (χ3v) is 4.46. The number of hydrogen-bond donors (Lipinski definition) is 2. The lowest BCUT2D eigenvalue weighted by Crippen LogP contribution is -2.42. The van der Waals surface area contributed by atoms with Crippen molar-refractivity contribution in [3.8, 4) is 11.3 Å². The van der Waals surface area contributed by atoms with Crippen LogP contribution in [-0.4, -0.2) is 28.2 Å². The largest absolute Gasteiger partial charge is 0.390 e. The van der Waals surface area contributed by atoms with Crippen molar-refractivity contribution in [2.45, 2.75) is 24.8 Å². The Labute approximate surface area is 124 Å². The summed E-state index contributed by atoms with van der Waals surface area (Å²) in [7, 11) is 1.97. The lowest BCUT2D eigenvalue weighted by molar-refractivity contribution is 0.386. The highest BCUT2D eigenvalue weighted by Crippen LogP contribution is 2.36. The number of benzene rings is 1. The number of fused-ring (bicyclic) bond motifs is 1. The molecule has 0 bridgehead atoms. The standard InChI is InChI=1S/C16H21N5/c1-21-15(6-8-20-21)14-4-2-3-12-9-16(10-17,19-11-18)7-5-13(12)14/h2-4,6,8,11H,5,7,9-10,17H2,1H3,(H2,18,19). The third kappa shape index (κ3) is 2.34. The van der Waals surface area contributed by atoms with Crippen LogP contribution in [0.3, 0.4) is 0 Å². The second kappa shape index (κ2) is 5.33. The normalized spacial score (nSPS) is 21.6. The van der Waals surface area contributed by atoms with E-state index >= 15 is 0 Å². The number of hydrogen-bond acceptors (Lipinski definition) is 3. The quantitative estimate of drug-likeness (QED) is 0.657. The Balaban J connectivity index is 2.05. The van der Waals surface area contributed by atoms with Crippen LogP contribution in [0.4, 0.5) is 0 Å². The van der Waals surface area contributed by atoms with E-state index in [0.29, 0.717) is 6.54 Å². The highest BCUT2D eigenvalue weighted by atomic mass is 15.3. The zero-order chi connectivity index (χ0) is 14.9. The van der Waals surface area contributed by atoms with Gasteiger partial charge in [-0.25, -0.2) is 0 Å². The molecule has 4 N–H and O–H groups in total. The highest BCUT2D eigenvalue weighted by Gasteiger charge is 2.33. The van der Waals surface area contributed by atoms with Crippen molar-refractivity contribution in [3.63, 3.8) is 0 Å². The second-order valence-corrected chi connectivity index (χ2v) is 5.67. The SMILES string of the molecule is Cn1nccc1-c1cccc2c1CCC(CN)(N=CN)C2. The summed E-state index contributed by atoms with van der Waals surface area (Å²) in [5.41, 5.74) is 16.3. The summed E-state index contributed by atoms with van der Waals surface area (Å²) in [5, 5.41) is 4.27. The van der Waals surface area contributed by atoms with Gasteiger partial charge in [-0.05, 0) is 36.5 Å². The molecule has 0 saturated carbocycles. The maximum Gasteiger partial charge on any atom is 0.0805 e. The highest BCUT2D eigenvalue weighted by molar-refractivity contribution is 5.66. The molecule has 3 rings (SSSR count). The van der Waals surface area contributed by atoms with Crippen molar-refractivity contribution in [2.75, 3.05) is 6.54 Å². The van der Waals surface area contributed by atoms with E-state index in [4.69, 9.17) is 11.5 Å². The van der Waals surface area contributed by atoms with Gasteiger partial charge in [0, 0.05) is 25.4 Å². The molecule has 1 unspecified atom stereocenters. The van der Waals surface area contributed by atoms with Crippen molar-refractivity contribution in [3.05, 3.63) is 41.6 Å². The Morgan fingerprint density at radius 2 is 2.29 bits per heavy atom. The Morgan fingerprint density at radius 3 is 2.95 bits per heavy atom. The van der Waals surface area contributed by atoms with Gasteiger partial charge in [-0.1, -0.05) is 18.2 Å². The van der Waals surface area contributed by atoms with Crippen LogP contribution in [0, 0.1) is 0 Å². The fourth-order valence-electron chi connectivity index (χ4n) is 3.27. The second-order valence-electron chi connectivity index (χ2n) is 5.67. The van der Waals surface area contributed by atoms with Crippen LogP contribution in [0.25, 0.3) is 11.3 Å². The molecule has 0 saturated heterocycles. The number of aryl methyl sites for hydroxylation is 1. The van der Waals surface area contributed by atoms with Gasteiger partial charge >= 0.3 is 0 Å². The van der Waals surface area contributed by atoms with Gasteiger partial charge in [0.25, 0.3) is 0 Å². The van der Waals surface area contributed by atoms with Gasteiger partial charge in [0.2, 0.25) is 0 Å². The fourth-order valence-corrected chi connectivity index (χ4v) is 3.27. The van der Waals surface area contributed by atoms with E-state index in [2.05, 4.69) is 34.4 Å². The monoisotopic (exact) mass is 283 g/mol. The number of aliphatic imine (C=N–C) groups is 1. The first-order valence-electron chi connectivity index (χ1n) is 7.24. The first kappa shape index (κ1) is 13.8. The maximum absolute atomic E-state index is 5.95. The fraction of sp³-hybridized carbons (Fsp3) is 0.375. The van der Waals surface area contributed by atoms with Crippen molar-refractivity contribution in [2.24, 2.45) is 23.5 Å². The molecule has 110 valence electrons. The average Bonchev–Trinajstić information content (AvgIpc) is 2.92. The van der Waals surface area contributed by atoms with E-state index in [9.17, 15) is 0 Å². The first-order chi connectivity index (χ1) is 10.2. The molecule has 0 radical (unpaired) electrons. The van der Waals surface area contributed by atoms with E-state index < -0.39 is 0 Å². The molecule has 1 aromatic heterocycles. The molecular formula is C16H21N5. The molecule has 0 fully saturated rings. The van der Waals surface area contributed by atoms with E-state index in [1.54, 1.807) is 0 Å². The molecule has 1 aliphatic rings. The van der Waals surface area contributed by atoms with Gasteiger partial charge in [0.1, 0.15) is 0 Å². The Kier molecular flexibility index (Phi) is 3.51. The molecule has 1 aromatic carbocycles. The topological polar surface area (TPSA) is 82.2 Å². The molecule has 0 aliphatic heterocycles. The lowest BCUT2D eigenvalue weighted by Gasteiger charge is -2.34. The molecule has 2 aromatic rings. The Morgan fingerprint density at radius 1 is 1.43 bits per heavy atom. The van der Waals surface area contributed by atoms with Gasteiger partial charge in [-0.2, -0.15) is 5.10 Å². The summed E-state index contributed by atoms with van der Waals surface area (Å²) >= 11 is 0. The summed E-state index contributed by atoms with van der Waals surface area (Å²) in [6.45, 7) is 0.524. The van der Waals surface area contributed by atoms with E-state index in [0.717, 1.165) is 25.0 Å². The minimum atomic E-state index is -0.243. The minimum absolute atomic E-state index is 0.243. The smallest absolute Gasteiger partial charge is 0.0805 e. The lowest BCUT2D eigenvalue weighted by atomic mass is 9.76. The molecule has 5 heteroatoms. The number of nitrogens with two attached hydrogens (primary N) is 2. The predicted octanol–water partition coefficient (Wildman–Crippen LogP) is 1.26. The van der Waals surface area contributed by atoms with Crippen LogP contribution < -0.4 is 11.5 Å². The average molecular weight is 283 g/mol. The predicted molar refractivity (Wildman–Crippen MR) is 85.1 cm³/mol. The van der Waals surface area contributed by atoms with E-state index in [-0.39, 0.29) is 5.54 Å². The molecular weight excluding hydrogens is 262 g/mol. The van der Waals surface area contributed by atoms with Crippen LogP contribution in [0.2, 0.25) is 0 Å². The zero-order valence-electron chi connectivity index (χ0n) is 12.3. The maximum atomic E-state index is 5.95. The van der Waals surface area contributed by atoms with Crippen LogP contribution in [0.5, 0.6) is 0 Å². The summed E-state index contributed by atoms with van der Waals surface area (Å²) in [6, 6.07) is 8.49. The molecule has 1 heterocycles.